The lowest BCUT2D eigenvalue weighted by atomic mass is 10.0. The minimum Gasteiger partial charge on any atom is -0.328 e. The van der Waals surface area contributed by atoms with Gasteiger partial charge in [-0.25, -0.2) is 8.42 Å². The van der Waals surface area contributed by atoms with E-state index in [2.05, 4.69) is 4.98 Å². The van der Waals surface area contributed by atoms with Gasteiger partial charge in [0.05, 0.1) is 10.4 Å². The lowest BCUT2D eigenvalue weighted by Gasteiger charge is -2.35. The van der Waals surface area contributed by atoms with Gasteiger partial charge in [-0.05, 0) is 44.0 Å². The van der Waals surface area contributed by atoms with E-state index in [1.165, 1.54) is 0 Å². The lowest BCUT2D eigenvalue weighted by Crippen LogP contribution is -2.48. The third-order valence-electron chi connectivity index (χ3n) is 4.05. The monoisotopic (exact) mass is 305 g/mol. The van der Waals surface area contributed by atoms with Crippen molar-refractivity contribution >= 4 is 20.9 Å². The van der Waals surface area contributed by atoms with E-state index in [1.54, 1.807) is 34.8 Å². The standard InChI is InChI=1S/C15H19N3O2S/c1-11-10-12(16)7-9-18(11)21(19,20)15-6-2-5-14-13(15)4-3-8-17-14/h2-6,8,11-12H,7,9-10,16H2,1H3/t11-,12+/m1/s1. The molecular weight excluding hydrogens is 286 g/mol. The van der Waals surface area contributed by atoms with Crippen LogP contribution in [-0.2, 0) is 10.0 Å². The molecule has 1 fully saturated rings. The predicted octanol–water partition coefficient (Wildman–Crippen LogP) is 1.74. The molecule has 2 aromatic rings. The Morgan fingerprint density at radius 3 is 2.86 bits per heavy atom. The minimum atomic E-state index is -3.52. The second-order valence-electron chi connectivity index (χ2n) is 5.58. The first-order chi connectivity index (χ1) is 10.00. The normalized spacial score (nSPS) is 24.3. The van der Waals surface area contributed by atoms with E-state index in [9.17, 15) is 8.42 Å². The molecule has 0 spiro atoms. The van der Waals surface area contributed by atoms with Crippen LogP contribution in [0.5, 0.6) is 0 Å². The molecule has 6 heteroatoms. The van der Waals surface area contributed by atoms with Crippen molar-refractivity contribution < 1.29 is 8.42 Å². The van der Waals surface area contributed by atoms with E-state index >= 15 is 0 Å². The molecule has 0 bridgehead atoms. The number of hydrogen-bond acceptors (Lipinski definition) is 4. The Kier molecular flexibility index (Phi) is 3.69. The Labute approximate surface area is 124 Å². The van der Waals surface area contributed by atoms with E-state index < -0.39 is 10.0 Å². The van der Waals surface area contributed by atoms with Crippen LogP contribution in [-0.4, -0.2) is 36.3 Å². The molecule has 1 aromatic carbocycles. The summed E-state index contributed by atoms with van der Waals surface area (Å²) < 4.78 is 27.5. The molecular formula is C15H19N3O2S. The van der Waals surface area contributed by atoms with E-state index in [0.29, 0.717) is 35.2 Å². The summed E-state index contributed by atoms with van der Waals surface area (Å²) in [7, 11) is -3.52. The highest BCUT2D eigenvalue weighted by atomic mass is 32.2. The molecule has 21 heavy (non-hydrogen) atoms. The van der Waals surface area contributed by atoms with Gasteiger partial charge in [0.25, 0.3) is 0 Å². The average Bonchev–Trinajstić information content (AvgIpc) is 2.46. The highest BCUT2D eigenvalue weighted by Gasteiger charge is 2.34. The quantitative estimate of drug-likeness (QED) is 0.917. The molecule has 0 radical (unpaired) electrons. The Morgan fingerprint density at radius 1 is 1.29 bits per heavy atom. The summed E-state index contributed by atoms with van der Waals surface area (Å²) in [4.78, 5) is 4.56. The van der Waals surface area contributed by atoms with Crippen LogP contribution in [0.4, 0.5) is 0 Å². The van der Waals surface area contributed by atoms with Crippen molar-refractivity contribution in [2.75, 3.05) is 6.54 Å². The van der Waals surface area contributed by atoms with Crippen molar-refractivity contribution in [1.29, 1.82) is 0 Å². The van der Waals surface area contributed by atoms with Crippen molar-refractivity contribution in [3.05, 3.63) is 36.5 Å². The topological polar surface area (TPSA) is 76.3 Å². The number of sulfonamides is 1. The maximum atomic E-state index is 13.0. The molecule has 2 N–H and O–H groups in total. The third kappa shape index (κ3) is 2.54. The van der Waals surface area contributed by atoms with Gasteiger partial charge in [0.15, 0.2) is 0 Å². The fraction of sp³-hybridized carbons (Fsp3) is 0.400. The van der Waals surface area contributed by atoms with Crippen molar-refractivity contribution in [3.63, 3.8) is 0 Å². The molecule has 1 aliphatic rings. The smallest absolute Gasteiger partial charge is 0.243 e. The average molecular weight is 305 g/mol. The number of fused-ring (bicyclic) bond motifs is 1. The maximum absolute atomic E-state index is 13.0. The Morgan fingerprint density at radius 2 is 2.10 bits per heavy atom. The van der Waals surface area contributed by atoms with Gasteiger partial charge in [-0.1, -0.05) is 6.07 Å². The summed E-state index contributed by atoms with van der Waals surface area (Å²) in [5.41, 5.74) is 6.62. The van der Waals surface area contributed by atoms with E-state index in [0.717, 1.165) is 0 Å². The first-order valence-electron chi connectivity index (χ1n) is 7.11. The summed E-state index contributed by atoms with van der Waals surface area (Å²) in [5, 5.41) is 0.669. The summed E-state index contributed by atoms with van der Waals surface area (Å²) in [6, 6.07) is 8.78. The highest BCUT2D eigenvalue weighted by Crippen LogP contribution is 2.28. The summed E-state index contributed by atoms with van der Waals surface area (Å²) >= 11 is 0. The van der Waals surface area contributed by atoms with Gasteiger partial charge >= 0.3 is 0 Å². The molecule has 0 amide bonds. The first-order valence-corrected chi connectivity index (χ1v) is 8.55. The number of pyridine rings is 1. The number of rotatable bonds is 2. The van der Waals surface area contributed by atoms with Crippen molar-refractivity contribution in [2.45, 2.75) is 36.7 Å². The number of piperidine rings is 1. The van der Waals surface area contributed by atoms with E-state index in [-0.39, 0.29) is 12.1 Å². The molecule has 1 aromatic heterocycles. The zero-order valence-electron chi connectivity index (χ0n) is 11.9. The van der Waals surface area contributed by atoms with Crippen molar-refractivity contribution in [2.24, 2.45) is 5.73 Å². The molecule has 112 valence electrons. The van der Waals surface area contributed by atoms with Crippen molar-refractivity contribution in [3.8, 4) is 0 Å². The zero-order valence-corrected chi connectivity index (χ0v) is 12.8. The van der Waals surface area contributed by atoms with Gasteiger partial charge in [0.1, 0.15) is 0 Å². The molecule has 5 nitrogen and oxygen atoms in total. The molecule has 1 saturated heterocycles. The minimum absolute atomic E-state index is 0.0781. The van der Waals surface area contributed by atoms with Crippen LogP contribution >= 0.6 is 0 Å². The van der Waals surface area contributed by atoms with Gasteiger partial charge in [0.2, 0.25) is 10.0 Å². The molecule has 0 saturated carbocycles. The Bertz CT molecular complexity index is 755. The largest absolute Gasteiger partial charge is 0.328 e. The van der Waals surface area contributed by atoms with Gasteiger partial charge < -0.3 is 5.73 Å². The van der Waals surface area contributed by atoms with Crippen LogP contribution in [0.25, 0.3) is 10.9 Å². The highest BCUT2D eigenvalue weighted by molar-refractivity contribution is 7.89. The number of aromatic nitrogens is 1. The second kappa shape index (κ2) is 5.36. The van der Waals surface area contributed by atoms with Crippen molar-refractivity contribution in [1.82, 2.24) is 9.29 Å². The fourth-order valence-corrected chi connectivity index (χ4v) is 4.83. The predicted molar refractivity (Wildman–Crippen MR) is 82.3 cm³/mol. The number of nitrogens with zero attached hydrogens (tertiary/aromatic N) is 2. The first kappa shape index (κ1) is 14.4. The molecule has 2 atom stereocenters. The van der Waals surface area contributed by atoms with Gasteiger partial charge in [-0.15, -0.1) is 0 Å². The molecule has 2 heterocycles. The summed E-state index contributed by atoms with van der Waals surface area (Å²) in [6.45, 7) is 2.39. The molecule has 0 unspecified atom stereocenters. The summed E-state index contributed by atoms with van der Waals surface area (Å²) in [5.74, 6) is 0. The van der Waals surface area contributed by atoms with Crippen LogP contribution in [0.15, 0.2) is 41.4 Å². The van der Waals surface area contributed by atoms with E-state index in [1.807, 2.05) is 13.0 Å². The van der Waals surface area contributed by atoms with Crippen LogP contribution < -0.4 is 5.73 Å². The molecule has 0 aliphatic carbocycles. The Balaban J connectivity index is 2.09. The van der Waals surface area contributed by atoms with Crippen LogP contribution in [0.2, 0.25) is 0 Å². The van der Waals surface area contributed by atoms with Gasteiger partial charge in [-0.2, -0.15) is 4.31 Å². The second-order valence-corrected chi connectivity index (χ2v) is 7.43. The SMILES string of the molecule is C[C@@H]1C[C@@H](N)CCN1S(=O)(=O)c1cccc2ncccc12. The maximum Gasteiger partial charge on any atom is 0.243 e. The van der Waals surface area contributed by atoms with Crippen LogP contribution in [0.1, 0.15) is 19.8 Å². The zero-order chi connectivity index (χ0) is 15.0. The lowest BCUT2D eigenvalue weighted by molar-refractivity contribution is 0.247. The van der Waals surface area contributed by atoms with Gasteiger partial charge in [-0.3, -0.25) is 4.98 Å². The Hall–Kier alpha value is -1.50. The number of hydrogen-bond donors (Lipinski definition) is 1. The number of benzene rings is 1. The van der Waals surface area contributed by atoms with Crippen LogP contribution in [0.3, 0.4) is 0 Å². The number of nitrogens with two attached hydrogens (primary N) is 1. The summed E-state index contributed by atoms with van der Waals surface area (Å²) in [6.07, 6.45) is 3.07. The molecule has 1 aliphatic heterocycles. The van der Waals surface area contributed by atoms with Gasteiger partial charge in [0, 0.05) is 30.2 Å². The molecule has 3 rings (SSSR count). The third-order valence-corrected chi connectivity index (χ3v) is 6.12. The van der Waals surface area contributed by atoms with E-state index in [4.69, 9.17) is 5.73 Å². The van der Waals surface area contributed by atoms with Crippen LogP contribution in [0, 0.1) is 0 Å². The fourth-order valence-electron chi connectivity index (χ4n) is 2.97.